The van der Waals surface area contributed by atoms with Crippen molar-refractivity contribution in [1.82, 2.24) is 0 Å². The van der Waals surface area contributed by atoms with Crippen molar-refractivity contribution in [3.63, 3.8) is 0 Å². The van der Waals surface area contributed by atoms with Gasteiger partial charge in [0.1, 0.15) is 0 Å². The van der Waals surface area contributed by atoms with Crippen LogP contribution < -0.4 is 5.32 Å². The molecule has 3 heteroatoms. The van der Waals surface area contributed by atoms with E-state index in [9.17, 15) is 0 Å². The van der Waals surface area contributed by atoms with Crippen LogP contribution in [0.2, 0.25) is 0 Å². The second-order valence-corrected chi connectivity index (χ2v) is 5.15. The third-order valence-corrected chi connectivity index (χ3v) is 3.93. The predicted molar refractivity (Wildman–Crippen MR) is 63.9 cm³/mol. The number of halogens is 2. The van der Waals surface area contributed by atoms with E-state index in [4.69, 9.17) is 0 Å². The van der Waals surface area contributed by atoms with Gasteiger partial charge in [-0.2, -0.15) is 0 Å². The molecule has 1 nitrogen and oxygen atoms in total. The highest BCUT2D eigenvalue weighted by Crippen LogP contribution is 2.37. The zero-order valence-corrected chi connectivity index (χ0v) is 10.2. The molecule has 12 heavy (non-hydrogen) atoms. The minimum Gasteiger partial charge on any atom is -0.384 e. The van der Waals surface area contributed by atoms with Gasteiger partial charge in [-0.3, -0.25) is 0 Å². The van der Waals surface area contributed by atoms with Crippen molar-refractivity contribution in [2.24, 2.45) is 0 Å². The van der Waals surface area contributed by atoms with Crippen LogP contribution in [0.3, 0.4) is 0 Å². The molecule has 0 radical (unpaired) electrons. The summed E-state index contributed by atoms with van der Waals surface area (Å²) in [5.41, 5.74) is 2.71. The van der Waals surface area contributed by atoms with Gasteiger partial charge in [0.25, 0.3) is 0 Å². The van der Waals surface area contributed by atoms with E-state index < -0.39 is 0 Å². The van der Waals surface area contributed by atoms with Crippen molar-refractivity contribution in [1.29, 1.82) is 0 Å². The van der Waals surface area contributed by atoms with E-state index in [1.807, 2.05) is 0 Å². The Morgan fingerprint density at radius 3 is 3.08 bits per heavy atom. The highest BCUT2D eigenvalue weighted by atomic mass is 127. The number of benzene rings is 1. The largest absolute Gasteiger partial charge is 0.384 e. The molecule has 1 aromatic rings. The second-order valence-electron chi connectivity index (χ2n) is 2.89. The van der Waals surface area contributed by atoms with Gasteiger partial charge in [-0.1, -0.05) is 28.1 Å². The molecule has 0 aliphatic carbocycles. The molecule has 1 aliphatic rings. The third kappa shape index (κ3) is 1.48. The molecular weight excluding hydrogens is 329 g/mol. The van der Waals surface area contributed by atoms with Crippen molar-refractivity contribution in [2.45, 2.75) is 11.2 Å². The van der Waals surface area contributed by atoms with Gasteiger partial charge >= 0.3 is 0 Å². The number of hydrogen-bond acceptors (Lipinski definition) is 1. The lowest BCUT2D eigenvalue weighted by atomic mass is 10.0. The first-order chi connectivity index (χ1) is 5.79. The van der Waals surface area contributed by atoms with Gasteiger partial charge in [0, 0.05) is 14.9 Å². The average molecular weight is 338 g/mol. The smallest absolute Gasteiger partial charge is 0.0519 e. The standard InChI is InChI=1S/C9H9BrIN/c10-7-4-5-12-9-6(7)2-1-3-8(9)11/h1-3,7,12H,4-5H2. The molecule has 0 saturated carbocycles. The Morgan fingerprint density at radius 1 is 1.50 bits per heavy atom. The van der Waals surface area contributed by atoms with Crippen LogP contribution >= 0.6 is 38.5 Å². The second kappa shape index (κ2) is 3.54. The van der Waals surface area contributed by atoms with Crippen molar-refractivity contribution < 1.29 is 0 Å². The van der Waals surface area contributed by atoms with Crippen LogP contribution in [0, 0.1) is 3.57 Å². The Kier molecular flexibility index (Phi) is 2.60. The van der Waals surface area contributed by atoms with E-state index in [0.717, 1.165) is 6.54 Å². The van der Waals surface area contributed by atoms with Gasteiger partial charge in [-0.05, 0) is 40.6 Å². The Balaban J connectivity index is 2.52. The van der Waals surface area contributed by atoms with Crippen molar-refractivity contribution in [3.8, 4) is 0 Å². The number of alkyl halides is 1. The summed E-state index contributed by atoms with van der Waals surface area (Å²) in [6.45, 7) is 1.07. The minimum absolute atomic E-state index is 0.531. The number of hydrogen-bond donors (Lipinski definition) is 1. The van der Waals surface area contributed by atoms with E-state index in [1.54, 1.807) is 0 Å². The lowest BCUT2D eigenvalue weighted by Gasteiger charge is -2.23. The van der Waals surface area contributed by atoms with Crippen LogP contribution in [0.5, 0.6) is 0 Å². The minimum atomic E-state index is 0.531. The molecule has 1 aliphatic heterocycles. The topological polar surface area (TPSA) is 12.0 Å². The molecular formula is C9H9BrIN. The Morgan fingerprint density at radius 2 is 2.33 bits per heavy atom. The molecule has 2 rings (SSSR count). The van der Waals surface area contributed by atoms with Gasteiger partial charge in [-0.25, -0.2) is 0 Å². The Labute approximate surface area is 94.2 Å². The molecule has 1 unspecified atom stereocenters. The number of nitrogens with one attached hydrogen (secondary N) is 1. The molecule has 0 saturated heterocycles. The van der Waals surface area contributed by atoms with Gasteiger partial charge in [0.2, 0.25) is 0 Å². The van der Waals surface area contributed by atoms with E-state index >= 15 is 0 Å². The van der Waals surface area contributed by atoms with E-state index in [2.05, 4.69) is 62.0 Å². The maximum atomic E-state index is 3.68. The molecule has 1 atom stereocenters. The maximum Gasteiger partial charge on any atom is 0.0519 e. The Bertz CT molecular complexity index is 301. The normalized spacial score (nSPS) is 21.3. The fourth-order valence-electron chi connectivity index (χ4n) is 1.47. The lowest BCUT2D eigenvalue weighted by Crippen LogP contribution is -2.14. The maximum absolute atomic E-state index is 3.68. The summed E-state index contributed by atoms with van der Waals surface area (Å²) in [5, 5.41) is 3.42. The quantitative estimate of drug-likeness (QED) is 0.564. The molecule has 0 spiro atoms. The molecule has 1 N–H and O–H groups in total. The highest BCUT2D eigenvalue weighted by molar-refractivity contribution is 14.1. The number of rotatable bonds is 0. The first kappa shape index (κ1) is 8.81. The predicted octanol–water partition coefficient (Wildman–Crippen LogP) is 3.54. The lowest BCUT2D eigenvalue weighted by molar-refractivity contribution is 0.821. The van der Waals surface area contributed by atoms with E-state index in [1.165, 1.54) is 21.2 Å². The Hall–Kier alpha value is 0.230. The zero-order chi connectivity index (χ0) is 8.55. The number of anilines is 1. The van der Waals surface area contributed by atoms with Crippen molar-refractivity contribution >= 4 is 44.2 Å². The SMILES string of the molecule is BrC1CCNc2c(I)cccc21. The van der Waals surface area contributed by atoms with Crippen LogP contribution in [0.25, 0.3) is 0 Å². The summed E-state index contributed by atoms with van der Waals surface area (Å²) in [6, 6.07) is 6.43. The molecule has 64 valence electrons. The van der Waals surface area contributed by atoms with Crippen LogP contribution in [-0.2, 0) is 0 Å². The van der Waals surface area contributed by atoms with Crippen LogP contribution in [-0.4, -0.2) is 6.54 Å². The molecule has 1 aromatic carbocycles. The molecule has 0 aromatic heterocycles. The van der Waals surface area contributed by atoms with Gasteiger partial charge in [0.15, 0.2) is 0 Å². The van der Waals surface area contributed by atoms with Gasteiger partial charge < -0.3 is 5.32 Å². The summed E-state index contributed by atoms with van der Waals surface area (Å²) in [5.74, 6) is 0. The van der Waals surface area contributed by atoms with Crippen LogP contribution in [0.1, 0.15) is 16.8 Å². The molecule has 0 amide bonds. The monoisotopic (exact) mass is 337 g/mol. The van der Waals surface area contributed by atoms with Gasteiger partial charge in [0.05, 0.1) is 5.69 Å². The summed E-state index contributed by atoms with van der Waals surface area (Å²) in [6.07, 6.45) is 1.17. The summed E-state index contributed by atoms with van der Waals surface area (Å²) in [4.78, 5) is 0.531. The zero-order valence-electron chi connectivity index (χ0n) is 6.48. The first-order valence-corrected chi connectivity index (χ1v) is 5.95. The molecule has 0 fully saturated rings. The van der Waals surface area contributed by atoms with E-state index in [-0.39, 0.29) is 0 Å². The highest BCUT2D eigenvalue weighted by Gasteiger charge is 2.18. The van der Waals surface area contributed by atoms with E-state index in [0.29, 0.717) is 4.83 Å². The average Bonchev–Trinajstić information content (AvgIpc) is 2.07. The summed E-state index contributed by atoms with van der Waals surface area (Å²) in [7, 11) is 0. The summed E-state index contributed by atoms with van der Waals surface area (Å²) < 4.78 is 1.31. The number of fused-ring (bicyclic) bond motifs is 1. The van der Waals surface area contributed by atoms with Crippen molar-refractivity contribution in [3.05, 3.63) is 27.3 Å². The van der Waals surface area contributed by atoms with Crippen LogP contribution in [0.15, 0.2) is 18.2 Å². The fraction of sp³-hybridized carbons (Fsp3) is 0.333. The number of para-hydroxylation sites is 1. The van der Waals surface area contributed by atoms with Gasteiger partial charge in [-0.15, -0.1) is 0 Å². The molecule has 0 bridgehead atoms. The third-order valence-electron chi connectivity index (χ3n) is 2.08. The van der Waals surface area contributed by atoms with Crippen LogP contribution in [0.4, 0.5) is 5.69 Å². The molecule has 1 heterocycles. The van der Waals surface area contributed by atoms with Crippen molar-refractivity contribution in [2.75, 3.05) is 11.9 Å². The fourth-order valence-corrected chi connectivity index (χ4v) is 2.79. The first-order valence-electron chi connectivity index (χ1n) is 3.95. The summed E-state index contributed by atoms with van der Waals surface area (Å²) >= 11 is 6.05.